The molecular weight excluding hydrogens is 208 g/mol. The summed E-state index contributed by atoms with van der Waals surface area (Å²) in [5, 5.41) is 3.20. The second-order valence-corrected chi connectivity index (χ2v) is 4.66. The van der Waals surface area contributed by atoms with Gasteiger partial charge in [0.05, 0.1) is 26.4 Å². The second kappa shape index (κ2) is 6.18. The Hall–Kier alpha value is -0.650. The van der Waals surface area contributed by atoms with Crippen molar-refractivity contribution in [2.24, 2.45) is 0 Å². The largest absolute Gasteiger partial charge is 0.383 e. The predicted molar refractivity (Wildman–Crippen MR) is 61.4 cm³/mol. The van der Waals surface area contributed by atoms with Crippen molar-refractivity contribution >= 4 is 5.91 Å². The Morgan fingerprint density at radius 3 is 2.62 bits per heavy atom. The van der Waals surface area contributed by atoms with Crippen LogP contribution in [0.5, 0.6) is 0 Å². The van der Waals surface area contributed by atoms with Gasteiger partial charge in [0.2, 0.25) is 5.91 Å². The average Bonchev–Trinajstić information content (AvgIpc) is 2.27. The van der Waals surface area contributed by atoms with Crippen LogP contribution in [0.3, 0.4) is 0 Å². The monoisotopic (exact) mass is 230 g/mol. The first-order valence-corrected chi connectivity index (χ1v) is 5.65. The van der Waals surface area contributed by atoms with Crippen molar-refractivity contribution < 1.29 is 14.3 Å². The van der Waals surface area contributed by atoms with E-state index in [2.05, 4.69) is 5.32 Å². The van der Waals surface area contributed by atoms with E-state index in [-0.39, 0.29) is 11.4 Å². The van der Waals surface area contributed by atoms with E-state index in [0.29, 0.717) is 39.5 Å². The van der Waals surface area contributed by atoms with Gasteiger partial charge in [-0.3, -0.25) is 4.79 Å². The van der Waals surface area contributed by atoms with Crippen LogP contribution in [-0.4, -0.2) is 62.9 Å². The van der Waals surface area contributed by atoms with Crippen LogP contribution in [0, 0.1) is 0 Å². The third-order valence-corrected chi connectivity index (χ3v) is 2.59. The summed E-state index contributed by atoms with van der Waals surface area (Å²) in [6, 6.07) is 0. The molecule has 1 aliphatic heterocycles. The number of nitrogens with one attached hydrogen (secondary N) is 1. The molecule has 0 aromatic carbocycles. The fourth-order valence-corrected chi connectivity index (χ4v) is 1.65. The predicted octanol–water partition coefficient (Wildman–Crippen LogP) is -0.140. The molecule has 0 radical (unpaired) electrons. The minimum absolute atomic E-state index is 0.132. The van der Waals surface area contributed by atoms with Crippen LogP contribution in [0.4, 0.5) is 0 Å². The first-order valence-electron chi connectivity index (χ1n) is 5.65. The van der Waals surface area contributed by atoms with E-state index < -0.39 is 0 Å². The van der Waals surface area contributed by atoms with E-state index in [1.165, 1.54) is 0 Å². The fourth-order valence-electron chi connectivity index (χ4n) is 1.65. The molecule has 1 fully saturated rings. The summed E-state index contributed by atoms with van der Waals surface area (Å²) in [6.45, 7) is 7.67. The van der Waals surface area contributed by atoms with Gasteiger partial charge in [-0.2, -0.15) is 0 Å². The summed E-state index contributed by atoms with van der Waals surface area (Å²) in [7, 11) is 1.66. The zero-order valence-corrected chi connectivity index (χ0v) is 10.4. The lowest BCUT2D eigenvalue weighted by Gasteiger charge is -2.30. The number of hydrogen-bond acceptors (Lipinski definition) is 4. The molecule has 16 heavy (non-hydrogen) atoms. The van der Waals surface area contributed by atoms with E-state index in [1.54, 1.807) is 7.11 Å². The molecule has 0 atom stereocenters. The summed E-state index contributed by atoms with van der Waals surface area (Å²) < 4.78 is 10.3. The van der Waals surface area contributed by atoms with Gasteiger partial charge < -0.3 is 19.7 Å². The normalized spacial score (nSPS) is 17.6. The van der Waals surface area contributed by atoms with Gasteiger partial charge in [0.1, 0.15) is 0 Å². The maximum atomic E-state index is 11.8. The molecule has 5 heteroatoms. The lowest BCUT2D eigenvalue weighted by atomic mass is 10.1. The molecule has 1 saturated heterocycles. The van der Waals surface area contributed by atoms with Crippen LogP contribution in [0.15, 0.2) is 0 Å². The van der Waals surface area contributed by atoms with E-state index >= 15 is 0 Å². The number of methoxy groups -OCH3 is 1. The third kappa shape index (κ3) is 4.47. The van der Waals surface area contributed by atoms with Crippen LogP contribution in [-0.2, 0) is 14.3 Å². The highest BCUT2D eigenvalue weighted by atomic mass is 16.5. The Morgan fingerprint density at radius 2 is 2.06 bits per heavy atom. The maximum Gasteiger partial charge on any atom is 0.236 e. The molecule has 0 unspecified atom stereocenters. The van der Waals surface area contributed by atoms with E-state index in [4.69, 9.17) is 9.47 Å². The number of carbonyl (C=O) groups excluding carboxylic acids is 1. The van der Waals surface area contributed by atoms with Crippen LogP contribution in [0.1, 0.15) is 13.8 Å². The van der Waals surface area contributed by atoms with E-state index in [1.807, 2.05) is 18.7 Å². The van der Waals surface area contributed by atoms with Crippen LogP contribution in [0.2, 0.25) is 0 Å². The Balaban J connectivity index is 2.28. The number of morpholine rings is 1. The van der Waals surface area contributed by atoms with Gasteiger partial charge in [-0.05, 0) is 13.8 Å². The zero-order chi connectivity index (χ0) is 12.0. The molecule has 0 bridgehead atoms. The zero-order valence-electron chi connectivity index (χ0n) is 10.4. The number of nitrogens with zero attached hydrogens (tertiary/aromatic N) is 1. The summed E-state index contributed by atoms with van der Waals surface area (Å²) in [5.74, 6) is 0.132. The fraction of sp³-hybridized carbons (Fsp3) is 0.909. The number of ether oxygens (including phenoxy) is 2. The summed E-state index contributed by atoms with van der Waals surface area (Å²) in [5.41, 5.74) is -0.170. The van der Waals surface area contributed by atoms with Gasteiger partial charge in [0.25, 0.3) is 0 Å². The molecular formula is C11H22N2O3. The van der Waals surface area contributed by atoms with Crippen LogP contribution < -0.4 is 5.32 Å². The number of rotatable bonds is 5. The van der Waals surface area contributed by atoms with Gasteiger partial charge in [-0.25, -0.2) is 0 Å². The van der Waals surface area contributed by atoms with E-state index in [0.717, 1.165) is 0 Å². The van der Waals surface area contributed by atoms with Gasteiger partial charge in [-0.1, -0.05) is 0 Å². The van der Waals surface area contributed by atoms with Crippen molar-refractivity contribution in [1.29, 1.82) is 0 Å². The van der Waals surface area contributed by atoms with Crippen LogP contribution >= 0.6 is 0 Å². The molecule has 1 aliphatic rings. The average molecular weight is 230 g/mol. The van der Waals surface area contributed by atoms with Crippen molar-refractivity contribution in [3.63, 3.8) is 0 Å². The second-order valence-electron chi connectivity index (χ2n) is 4.66. The minimum Gasteiger partial charge on any atom is -0.383 e. The smallest absolute Gasteiger partial charge is 0.236 e. The van der Waals surface area contributed by atoms with Crippen LogP contribution in [0.25, 0.3) is 0 Å². The minimum atomic E-state index is -0.170. The van der Waals surface area contributed by atoms with Gasteiger partial charge >= 0.3 is 0 Å². The molecule has 0 aliphatic carbocycles. The summed E-state index contributed by atoms with van der Waals surface area (Å²) >= 11 is 0. The van der Waals surface area contributed by atoms with Crippen molar-refractivity contribution in [2.75, 3.05) is 46.6 Å². The van der Waals surface area contributed by atoms with Crippen molar-refractivity contribution in [1.82, 2.24) is 10.2 Å². The standard InChI is InChI=1S/C11H22N2O3/c1-11(2,9-15-3)12-8-10(14)13-4-6-16-7-5-13/h12H,4-9H2,1-3H3. The van der Waals surface area contributed by atoms with Gasteiger partial charge in [-0.15, -0.1) is 0 Å². The van der Waals surface area contributed by atoms with Gasteiger partial charge in [0, 0.05) is 25.7 Å². The third-order valence-electron chi connectivity index (χ3n) is 2.59. The molecule has 0 aromatic rings. The lowest BCUT2D eigenvalue weighted by Crippen LogP contribution is -2.50. The lowest BCUT2D eigenvalue weighted by molar-refractivity contribution is -0.134. The highest BCUT2D eigenvalue weighted by molar-refractivity contribution is 5.78. The topological polar surface area (TPSA) is 50.8 Å². The number of amides is 1. The molecule has 1 amide bonds. The molecule has 1 rings (SSSR count). The van der Waals surface area contributed by atoms with Crippen molar-refractivity contribution in [3.05, 3.63) is 0 Å². The van der Waals surface area contributed by atoms with Crippen molar-refractivity contribution in [2.45, 2.75) is 19.4 Å². The SMILES string of the molecule is COCC(C)(C)NCC(=O)N1CCOCC1. The highest BCUT2D eigenvalue weighted by Crippen LogP contribution is 2.02. The Labute approximate surface area is 97.1 Å². The Bertz CT molecular complexity index is 225. The van der Waals surface area contributed by atoms with E-state index in [9.17, 15) is 4.79 Å². The number of carbonyl (C=O) groups is 1. The van der Waals surface area contributed by atoms with Crippen molar-refractivity contribution in [3.8, 4) is 0 Å². The maximum absolute atomic E-state index is 11.8. The van der Waals surface area contributed by atoms with Gasteiger partial charge in [0.15, 0.2) is 0 Å². The number of hydrogen-bond donors (Lipinski definition) is 1. The molecule has 94 valence electrons. The molecule has 0 aromatic heterocycles. The highest BCUT2D eigenvalue weighted by Gasteiger charge is 2.21. The molecule has 0 spiro atoms. The molecule has 1 heterocycles. The Morgan fingerprint density at radius 1 is 1.44 bits per heavy atom. The molecule has 1 N–H and O–H groups in total. The molecule has 0 saturated carbocycles. The summed E-state index contributed by atoms with van der Waals surface area (Å²) in [6.07, 6.45) is 0. The first kappa shape index (κ1) is 13.4. The first-order chi connectivity index (χ1) is 7.55. The Kier molecular flexibility index (Phi) is 5.18. The summed E-state index contributed by atoms with van der Waals surface area (Å²) in [4.78, 5) is 13.6. The quantitative estimate of drug-likeness (QED) is 0.714. The molecule has 5 nitrogen and oxygen atoms in total.